The van der Waals surface area contributed by atoms with Crippen molar-refractivity contribution >= 4 is 0 Å². The van der Waals surface area contributed by atoms with Gasteiger partial charge in [-0.25, -0.2) is 0 Å². The molecule has 0 spiro atoms. The standard InChI is InChI=1S/C14H20O3/c1-16-11-7-10(8-12(9-11)17-2)13-5-3-4-6-14(13)15/h7-9,13-15H,3-6H2,1-2H3/t13?,14-/m0/s1. The van der Waals surface area contributed by atoms with Gasteiger partial charge in [-0.1, -0.05) is 12.8 Å². The smallest absolute Gasteiger partial charge is 0.122 e. The van der Waals surface area contributed by atoms with Gasteiger partial charge in [0.05, 0.1) is 20.3 Å². The van der Waals surface area contributed by atoms with E-state index in [0.717, 1.165) is 36.3 Å². The second-order valence-electron chi connectivity index (χ2n) is 4.60. The first kappa shape index (κ1) is 12.2. The van der Waals surface area contributed by atoms with Gasteiger partial charge in [-0.15, -0.1) is 0 Å². The Hall–Kier alpha value is -1.22. The van der Waals surface area contributed by atoms with Crippen molar-refractivity contribution in [3.05, 3.63) is 23.8 Å². The van der Waals surface area contributed by atoms with Gasteiger partial charge < -0.3 is 14.6 Å². The third kappa shape index (κ3) is 2.72. The predicted molar refractivity (Wildman–Crippen MR) is 66.8 cm³/mol. The molecule has 3 nitrogen and oxygen atoms in total. The molecule has 0 aliphatic heterocycles. The highest BCUT2D eigenvalue weighted by molar-refractivity contribution is 5.40. The van der Waals surface area contributed by atoms with Crippen molar-refractivity contribution in [1.82, 2.24) is 0 Å². The summed E-state index contributed by atoms with van der Waals surface area (Å²) in [6.07, 6.45) is 4.00. The lowest BCUT2D eigenvalue weighted by Gasteiger charge is -2.28. The van der Waals surface area contributed by atoms with Crippen molar-refractivity contribution < 1.29 is 14.6 Å². The molecule has 1 aromatic carbocycles. The Morgan fingerprint density at radius 2 is 1.59 bits per heavy atom. The van der Waals surface area contributed by atoms with Crippen molar-refractivity contribution in [2.45, 2.75) is 37.7 Å². The summed E-state index contributed by atoms with van der Waals surface area (Å²) in [4.78, 5) is 0. The fourth-order valence-electron chi connectivity index (χ4n) is 2.54. The molecule has 1 unspecified atom stereocenters. The molecule has 1 fully saturated rings. The quantitative estimate of drug-likeness (QED) is 0.877. The highest BCUT2D eigenvalue weighted by Crippen LogP contribution is 2.36. The van der Waals surface area contributed by atoms with Gasteiger partial charge >= 0.3 is 0 Å². The molecule has 0 radical (unpaired) electrons. The van der Waals surface area contributed by atoms with Crippen molar-refractivity contribution in [3.8, 4) is 11.5 Å². The first-order valence-corrected chi connectivity index (χ1v) is 6.15. The van der Waals surface area contributed by atoms with Crippen LogP contribution in [0.25, 0.3) is 0 Å². The van der Waals surface area contributed by atoms with Crippen molar-refractivity contribution in [3.63, 3.8) is 0 Å². The van der Waals surface area contributed by atoms with Gasteiger partial charge in [0.25, 0.3) is 0 Å². The lowest BCUT2D eigenvalue weighted by molar-refractivity contribution is 0.106. The number of ether oxygens (including phenoxy) is 2. The topological polar surface area (TPSA) is 38.7 Å². The van der Waals surface area contributed by atoms with E-state index >= 15 is 0 Å². The summed E-state index contributed by atoms with van der Waals surface area (Å²) >= 11 is 0. The maximum Gasteiger partial charge on any atom is 0.122 e. The zero-order valence-electron chi connectivity index (χ0n) is 10.5. The predicted octanol–water partition coefficient (Wildman–Crippen LogP) is 2.72. The molecule has 0 bridgehead atoms. The Labute approximate surface area is 102 Å². The average Bonchev–Trinajstić information content (AvgIpc) is 2.38. The molecular weight excluding hydrogens is 216 g/mol. The van der Waals surface area contributed by atoms with Crippen LogP contribution >= 0.6 is 0 Å². The normalized spacial score (nSPS) is 24.4. The molecule has 1 aliphatic rings. The van der Waals surface area contributed by atoms with Crippen molar-refractivity contribution in [1.29, 1.82) is 0 Å². The summed E-state index contributed by atoms with van der Waals surface area (Å²) in [7, 11) is 3.30. The summed E-state index contributed by atoms with van der Waals surface area (Å²) < 4.78 is 10.5. The first-order chi connectivity index (χ1) is 8.24. The summed E-state index contributed by atoms with van der Waals surface area (Å²) in [5, 5.41) is 10.1. The van der Waals surface area contributed by atoms with Crippen LogP contribution in [-0.4, -0.2) is 25.4 Å². The molecule has 0 saturated heterocycles. The minimum atomic E-state index is -0.236. The molecule has 1 saturated carbocycles. The summed E-state index contributed by atoms with van der Waals surface area (Å²) in [6, 6.07) is 5.86. The fourth-order valence-corrected chi connectivity index (χ4v) is 2.54. The zero-order chi connectivity index (χ0) is 12.3. The number of aliphatic hydroxyl groups is 1. The SMILES string of the molecule is COc1cc(OC)cc(C2CCCC[C@@H]2O)c1. The lowest BCUT2D eigenvalue weighted by Crippen LogP contribution is -2.22. The third-order valence-electron chi connectivity index (χ3n) is 3.53. The first-order valence-electron chi connectivity index (χ1n) is 6.15. The van der Waals surface area contributed by atoms with Crippen LogP contribution in [0.15, 0.2) is 18.2 Å². The molecule has 94 valence electrons. The van der Waals surface area contributed by atoms with E-state index in [2.05, 4.69) is 0 Å². The molecule has 0 aromatic heterocycles. The second kappa shape index (κ2) is 5.41. The van der Waals surface area contributed by atoms with Crippen LogP contribution in [0, 0.1) is 0 Å². The molecule has 2 rings (SSSR count). The molecule has 2 atom stereocenters. The summed E-state index contributed by atoms with van der Waals surface area (Å²) in [5.74, 6) is 1.79. The summed E-state index contributed by atoms with van der Waals surface area (Å²) in [5.41, 5.74) is 1.12. The van der Waals surface area contributed by atoms with Gasteiger partial charge in [0.15, 0.2) is 0 Å². The number of rotatable bonds is 3. The van der Waals surface area contributed by atoms with Crippen molar-refractivity contribution in [2.24, 2.45) is 0 Å². The lowest BCUT2D eigenvalue weighted by atomic mass is 9.81. The third-order valence-corrected chi connectivity index (χ3v) is 3.53. The number of hydrogen-bond donors (Lipinski definition) is 1. The van der Waals surface area contributed by atoms with Crippen LogP contribution in [0.5, 0.6) is 11.5 Å². The van der Waals surface area contributed by atoms with Crippen LogP contribution < -0.4 is 9.47 Å². The second-order valence-corrected chi connectivity index (χ2v) is 4.60. The molecule has 17 heavy (non-hydrogen) atoms. The molecule has 0 heterocycles. The van der Waals surface area contributed by atoms with Gasteiger partial charge in [0, 0.05) is 12.0 Å². The molecule has 1 N–H and O–H groups in total. The largest absolute Gasteiger partial charge is 0.497 e. The van der Waals surface area contributed by atoms with Crippen LogP contribution in [0.3, 0.4) is 0 Å². The highest BCUT2D eigenvalue weighted by atomic mass is 16.5. The van der Waals surface area contributed by atoms with E-state index in [9.17, 15) is 5.11 Å². The fraction of sp³-hybridized carbons (Fsp3) is 0.571. The maximum atomic E-state index is 10.1. The zero-order valence-corrected chi connectivity index (χ0v) is 10.5. The van der Waals surface area contributed by atoms with E-state index < -0.39 is 0 Å². The van der Waals surface area contributed by atoms with Crippen LogP contribution in [0.1, 0.15) is 37.2 Å². The molecule has 0 amide bonds. The Bertz CT molecular complexity index is 353. The number of hydrogen-bond acceptors (Lipinski definition) is 3. The van der Waals surface area contributed by atoms with E-state index in [1.54, 1.807) is 14.2 Å². The van der Waals surface area contributed by atoms with Gasteiger partial charge in [-0.3, -0.25) is 0 Å². The van der Waals surface area contributed by atoms with Gasteiger partial charge in [0.1, 0.15) is 11.5 Å². The van der Waals surface area contributed by atoms with Gasteiger partial charge in [-0.05, 0) is 30.5 Å². The van der Waals surface area contributed by atoms with E-state index in [-0.39, 0.29) is 12.0 Å². The van der Waals surface area contributed by atoms with E-state index in [0.29, 0.717) is 0 Å². The van der Waals surface area contributed by atoms with E-state index in [4.69, 9.17) is 9.47 Å². The van der Waals surface area contributed by atoms with Gasteiger partial charge in [0.2, 0.25) is 0 Å². The molecule has 1 aromatic rings. The van der Waals surface area contributed by atoms with E-state index in [1.165, 1.54) is 6.42 Å². The number of methoxy groups -OCH3 is 2. The van der Waals surface area contributed by atoms with E-state index in [1.807, 2.05) is 18.2 Å². The average molecular weight is 236 g/mol. The Kier molecular flexibility index (Phi) is 3.89. The van der Waals surface area contributed by atoms with Crippen molar-refractivity contribution in [2.75, 3.05) is 14.2 Å². The highest BCUT2D eigenvalue weighted by Gasteiger charge is 2.25. The Morgan fingerprint density at radius 3 is 2.12 bits per heavy atom. The molecule has 1 aliphatic carbocycles. The van der Waals surface area contributed by atoms with Crippen LogP contribution in [0.4, 0.5) is 0 Å². The maximum absolute atomic E-state index is 10.1. The monoisotopic (exact) mass is 236 g/mol. The van der Waals surface area contributed by atoms with Crippen LogP contribution in [0.2, 0.25) is 0 Å². The molecule has 3 heteroatoms. The van der Waals surface area contributed by atoms with Gasteiger partial charge in [-0.2, -0.15) is 0 Å². The Morgan fingerprint density at radius 1 is 1.00 bits per heavy atom. The number of benzene rings is 1. The minimum absolute atomic E-state index is 0.216. The Balaban J connectivity index is 2.29. The molecular formula is C14H20O3. The number of aliphatic hydroxyl groups excluding tert-OH is 1. The van der Waals surface area contributed by atoms with Crippen LogP contribution in [-0.2, 0) is 0 Å². The summed E-state index contributed by atoms with van der Waals surface area (Å²) in [6.45, 7) is 0. The minimum Gasteiger partial charge on any atom is -0.497 e.